The van der Waals surface area contributed by atoms with Crippen LogP contribution in [0.25, 0.3) is 0 Å². The highest BCUT2D eigenvalue weighted by atomic mass is 16.5. The minimum atomic E-state index is 0.102. The van der Waals surface area contributed by atoms with Gasteiger partial charge in [0.1, 0.15) is 0 Å². The predicted molar refractivity (Wildman–Crippen MR) is 71.4 cm³/mol. The molecule has 0 bridgehead atoms. The third-order valence-electron chi connectivity index (χ3n) is 3.96. The van der Waals surface area contributed by atoms with Gasteiger partial charge in [-0.2, -0.15) is 0 Å². The molecule has 2 saturated heterocycles. The van der Waals surface area contributed by atoms with Gasteiger partial charge in [0.05, 0.1) is 18.6 Å². The number of amides is 1. The Balaban J connectivity index is 1.82. The molecule has 2 fully saturated rings. The second-order valence-electron chi connectivity index (χ2n) is 5.65. The highest BCUT2D eigenvalue weighted by molar-refractivity contribution is 5.79. The topological polar surface area (TPSA) is 41.6 Å². The maximum atomic E-state index is 12.4. The summed E-state index contributed by atoms with van der Waals surface area (Å²) in [5.41, 5.74) is 0. The van der Waals surface area contributed by atoms with Crippen LogP contribution in [0.3, 0.4) is 0 Å². The molecule has 1 amide bonds. The van der Waals surface area contributed by atoms with Gasteiger partial charge in [-0.1, -0.05) is 6.92 Å². The Morgan fingerprint density at radius 2 is 2.33 bits per heavy atom. The number of nitrogens with one attached hydrogen (secondary N) is 1. The zero-order chi connectivity index (χ0) is 13.0. The van der Waals surface area contributed by atoms with Crippen LogP contribution in [0.1, 0.15) is 39.5 Å². The van der Waals surface area contributed by atoms with Gasteiger partial charge in [0.15, 0.2) is 0 Å². The van der Waals surface area contributed by atoms with Crippen molar-refractivity contribution in [2.24, 2.45) is 5.92 Å². The van der Waals surface area contributed by atoms with E-state index < -0.39 is 0 Å². The molecule has 4 nitrogen and oxygen atoms in total. The number of rotatable bonds is 4. The van der Waals surface area contributed by atoms with Crippen LogP contribution in [-0.4, -0.2) is 49.2 Å². The van der Waals surface area contributed by atoms with Crippen molar-refractivity contribution >= 4 is 5.91 Å². The van der Waals surface area contributed by atoms with Crippen LogP contribution in [0, 0.1) is 5.92 Å². The van der Waals surface area contributed by atoms with Crippen molar-refractivity contribution in [3.63, 3.8) is 0 Å². The summed E-state index contributed by atoms with van der Waals surface area (Å²) in [5.74, 6) is 0.410. The Kier molecular flexibility index (Phi) is 5.01. The van der Waals surface area contributed by atoms with Crippen LogP contribution in [-0.2, 0) is 9.53 Å². The summed E-state index contributed by atoms with van der Waals surface area (Å²) in [7, 11) is 0. The molecule has 0 radical (unpaired) electrons. The van der Waals surface area contributed by atoms with Crippen molar-refractivity contribution in [1.29, 1.82) is 0 Å². The highest BCUT2D eigenvalue weighted by Crippen LogP contribution is 2.23. The van der Waals surface area contributed by atoms with E-state index in [9.17, 15) is 4.79 Å². The van der Waals surface area contributed by atoms with Crippen LogP contribution in [0.4, 0.5) is 0 Å². The predicted octanol–water partition coefficient (Wildman–Crippen LogP) is 1.40. The average molecular weight is 254 g/mol. The maximum Gasteiger partial charge on any atom is 0.228 e. The van der Waals surface area contributed by atoms with E-state index in [0.717, 1.165) is 38.9 Å². The first-order valence-corrected chi connectivity index (χ1v) is 7.34. The fraction of sp³-hybridized carbons (Fsp3) is 0.929. The summed E-state index contributed by atoms with van der Waals surface area (Å²) in [5, 5.41) is 3.53. The van der Waals surface area contributed by atoms with Crippen LogP contribution in [0.15, 0.2) is 0 Å². The minimum Gasteiger partial charge on any atom is -0.378 e. The molecule has 3 unspecified atom stereocenters. The monoisotopic (exact) mass is 254 g/mol. The number of carbonyl (C=O) groups is 1. The first-order chi connectivity index (χ1) is 8.70. The molecule has 0 aromatic heterocycles. The third kappa shape index (κ3) is 3.45. The van der Waals surface area contributed by atoms with Gasteiger partial charge in [0.2, 0.25) is 5.91 Å². The number of nitrogens with zero attached hydrogens (tertiary/aromatic N) is 1. The fourth-order valence-electron chi connectivity index (χ4n) is 2.94. The van der Waals surface area contributed by atoms with E-state index in [0.29, 0.717) is 18.6 Å². The highest BCUT2D eigenvalue weighted by Gasteiger charge is 2.33. The standard InChI is InChI=1S/C14H26N2O2/c1-3-6-15-13-5-4-7-16(9-13)14(17)12-8-11(2)18-10-12/h11-13,15H,3-10H2,1-2H3. The van der Waals surface area contributed by atoms with Gasteiger partial charge in [0, 0.05) is 19.1 Å². The van der Waals surface area contributed by atoms with E-state index in [2.05, 4.69) is 19.2 Å². The number of hydrogen-bond acceptors (Lipinski definition) is 3. The lowest BCUT2D eigenvalue weighted by atomic mass is 10.0. The molecule has 2 aliphatic heterocycles. The summed E-state index contributed by atoms with van der Waals surface area (Å²) < 4.78 is 5.51. The van der Waals surface area contributed by atoms with Crippen molar-refractivity contribution in [3.05, 3.63) is 0 Å². The number of hydrogen-bond donors (Lipinski definition) is 1. The van der Waals surface area contributed by atoms with Gasteiger partial charge < -0.3 is 15.0 Å². The molecule has 0 aliphatic carbocycles. The molecular weight excluding hydrogens is 228 g/mol. The molecule has 2 rings (SSSR count). The zero-order valence-electron chi connectivity index (χ0n) is 11.7. The van der Waals surface area contributed by atoms with Crippen molar-refractivity contribution in [2.75, 3.05) is 26.2 Å². The lowest BCUT2D eigenvalue weighted by Gasteiger charge is -2.34. The Morgan fingerprint density at radius 3 is 3.00 bits per heavy atom. The molecule has 2 aliphatic rings. The van der Waals surface area contributed by atoms with E-state index in [1.807, 2.05) is 4.90 Å². The van der Waals surface area contributed by atoms with Gasteiger partial charge in [-0.15, -0.1) is 0 Å². The largest absolute Gasteiger partial charge is 0.378 e. The normalized spacial score (nSPS) is 32.8. The lowest BCUT2D eigenvalue weighted by Crippen LogP contribution is -2.49. The number of piperidine rings is 1. The van der Waals surface area contributed by atoms with Crippen LogP contribution >= 0.6 is 0 Å². The van der Waals surface area contributed by atoms with E-state index in [-0.39, 0.29) is 12.0 Å². The van der Waals surface area contributed by atoms with Crippen molar-refractivity contribution in [3.8, 4) is 0 Å². The van der Waals surface area contributed by atoms with Gasteiger partial charge >= 0.3 is 0 Å². The number of likely N-dealkylation sites (tertiary alicyclic amines) is 1. The minimum absolute atomic E-state index is 0.102. The van der Waals surface area contributed by atoms with Gasteiger partial charge in [-0.05, 0) is 39.2 Å². The number of carbonyl (C=O) groups excluding carboxylic acids is 1. The number of ether oxygens (including phenoxy) is 1. The van der Waals surface area contributed by atoms with Crippen LogP contribution in [0.5, 0.6) is 0 Å². The summed E-state index contributed by atoms with van der Waals surface area (Å²) in [4.78, 5) is 14.4. The molecule has 3 atom stereocenters. The first-order valence-electron chi connectivity index (χ1n) is 7.34. The fourth-order valence-corrected chi connectivity index (χ4v) is 2.94. The van der Waals surface area contributed by atoms with Crippen molar-refractivity contribution < 1.29 is 9.53 Å². The van der Waals surface area contributed by atoms with Crippen molar-refractivity contribution in [1.82, 2.24) is 10.2 Å². The average Bonchev–Trinajstić information content (AvgIpc) is 2.82. The van der Waals surface area contributed by atoms with Gasteiger partial charge in [0.25, 0.3) is 0 Å². The van der Waals surface area contributed by atoms with Gasteiger partial charge in [-0.25, -0.2) is 0 Å². The molecule has 0 spiro atoms. The van der Waals surface area contributed by atoms with E-state index in [4.69, 9.17) is 4.74 Å². The Morgan fingerprint density at radius 1 is 1.50 bits per heavy atom. The molecular formula is C14H26N2O2. The van der Waals surface area contributed by atoms with E-state index in [1.54, 1.807) is 0 Å². The quantitative estimate of drug-likeness (QED) is 0.824. The lowest BCUT2D eigenvalue weighted by molar-refractivity contribution is -0.136. The summed E-state index contributed by atoms with van der Waals surface area (Å²) in [6, 6.07) is 0.488. The third-order valence-corrected chi connectivity index (χ3v) is 3.96. The first kappa shape index (κ1) is 13.8. The zero-order valence-corrected chi connectivity index (χ0v) is 11.7. The molecule has 1 N–H and O–H groups in total. The Hall–Kier alpha value is -0.610. The molecule has 2 heterocycles. The Bertz CT molecular complexity index is 283. The second-order valence-corrected chi connectivity index (χ2v) is 5.65. The molecule has 0 aromatic rings. The van der Waals surface area contributed by atoms with E-state index >= 15 is 0 Å². The maximum absolute atomic E-state index is 12.4. The van der Waals surface area contributed by atoms with Crippen LogP contribution < -0.4 is 5.32 Å². The molecule has 0 saturated carbocycles. The summed E-state index contributed by atoms with van der Waals surface area (Å²) in [6.07, 6.45) is 4.61. The second kappa shape index (κ2) is 6.53. The van der Waals surface area contributed by atoms with E-state index in [1.165, 1.54) is 6.42 Å². The molecule has 18 heavy (non-hydrogen) atoms. The van der Waals surface area contributed by atoms with Crippen LogP contribution in [0.2, 0.25) is 0 Å². The molecule has 104 valence electrons. The SMILES string of the molecule is CCCNC1CCCN(C(=O)C2COC(C)C2)C1. The van der Waals surface area contributed by atoms with Crippen molar-refractivity contribution in [2.45, 2.75) is 51.7 Å². The molecule has 0 aromatic carbocycles. The Labute approximate surface area is 110 Å². The molecule has 4 heteroatoms. The smallest absolute Gasteiger partial charge is 0.228 e. The summed E-state index contributed by atoms with van der Waals surface area (Å²) in [6.45, 7) is 7.70. The van der Waals surface area contributed by atoms with Gasteiger partial charge in [-0.3, -0.25) is 4.79 Å². The summed E-state index contributed by atoms with van der Waals surface area (Å²) >= 11 is 0.